The minimum atomic E-state index is -3.78. The molecule has 1 heterocycles. The van der Waals surface area contributed by atoms with E-state index in [1.54, 1.807) is 29.6 Å². The van der Waals surface area contributed by atoms with Crippen LogP contribution in [0, 0.1) is 0 Å². The summed E-state index contributed by atoms with van der Waals surface area (Å²) >= 11 is 1.08. The van der Waals surface area contributed by atoms with Gasteiger partial charge in [0.25, 0.3) is 0 Å². The molecule has 25 heavy (non-hydrogen) atoms. The lowest BCUT2D eigenvalue weighted by Gasteiger charge is -2.19. The van der Waals surface area contributed by atoms with Gasteiger partial charge in [-0.3, -0.25) is 0 Å². The van der Waals surface area contributed by atoms with Crippen molar-refractivity contribution in [1.82, 2.24) is 4.72 Å². The molecular weight excluding hydrogens is 386 g/mol. The van der Waals surface area contributed by atoms with E-state index < -0.39 is 25.1 Å². The van der Waals surface area contributed by atoms with Gasteiger partial charge in [-0.05, 0) is 29.1 Å². The molecule has 1 atom stereocenters. The Labute approximate surface area is 151 Å². The van der Waals surface area contributed by atoms with Crippen LogP contribution in [0.1, 0.15) is 10.8 Å². The number of hydrogen-bond acceptors (Lipinski definition) is 7. The summed E-state index contributed by atoms with van der Waals surface area (Å²) in [5.74, 6) is 0.820. The van der Waals surface area contributed by atoms with Gasteiger partial charge in [0.15, 0.2) is 21.3 Å². The van der Waals surface area contributed by atoms with Gasteiger partial charge in [0.1, 0.15) is 9.46 Å². The second-order valence-electron chi connectivity index (χ2n) is 5.20. The monoisotopic (exact) mass is 405 g/mol. The molecule has 0 radical (unpaired) electrons. The SMILES string of the molecule is COc1ccc([C@H](CNS(C)(=O)=O)S(=O)(=O)c2cccs2)cc1OC. The molecule has 0 aliphatic carbocycles. The summed E-state index contributed by atoms with van der Waals surface area (Å²) in [5.41, 5.74) is 0.405. The number of hydrogen-bond donors (Lipinski definition) is 1. The molecule has 10 heteroatoms. The molecule has 0 saturated heterocycles. The van der Waals surface area contributed by atoms with Gasteiger partial charge in [0.05, 0.1) is 20.5 Å². The highest BCUT2D eigenvalue weighted by Crippen LogP contribution is 2.36. The summed E-state index contributed by atoms with van der Waals surface area (Å²) < 4.78 is 61.7. The predicted octanol–water partition coefficient (Wildman–Crippen LogP) is 1.83. The zero-order valence-electron chi connectivity index (χ0n) is 13.9. The van der Waals surface area contributed by atoms with Crippen LogP contribution in [0.2, 0.25) is 0 Å². The van der Waals surface area contributed by atoms with Gasteiger partial charge in [-0.1, -0.05) is 12.1 Å². The van der Waals surface area contributed by atoms with Crippen LogP contribution in [-0.4, -0.2) is 43.9 Å². The lowest BCUT2D eigenvalue weighted by Crippen LogP contribution is -2.31. The largest absolute Gasteiger partial charge is 0.493 e. The maximum absolute atomic E-state index is 13.0. The third kappa shape index (κ3) is 4.72. The highest BCUT2D eigenvalue weighted by atomic mass is 32.2. The zero-order chi connectivity index (χ0) is 18.7. The topological polar surface area (TPSA) is 98.8 Å². The third-order valence-electron chi connectivity index (χ3n) is 3.46. The molecule has 0 aliphatic rings. The highest BCUT2D eigenvalue weighted by Gasteiger charge is 2.31. The summed E-state index contributed by atoms with van der Waals surface area (Å²) in [5, 5.41) is 0.559. The summed E-state index contributed by atoms with van der Waals surface area (Å²) in [7, 11) is -4.42. The lowest BCUT2D eigenvalue weighted by atomic mass is 10.1. The van der Waals surface area contributed by atoms with E-state index in [9.17, 15) is 16.8 Å². The molecule has 138 valence electrons. The van der Waals surface area contributed by atoms with Gasteiger partial charge < -0.3 is 9.47 Å². The average molecular weight is 406 g/mol. The van der Waals surface area contributed by atoms with Gasteiger partial charge in [-0.15, -0.1) is 11.3 Å². The standard InChI is InChI=1S/C15H19NO6S3/c1-21-12-7-6-11(9-13(12)22-2)14(10-16-24(3,17)18)25(19,20)15-5-4-8-23-15/h4-9,14,16H,10H2,1-3H3/t14-/m0/s1. The number of thiophene rings is 1. The zero-order valence-corrected chi connectivity index (χ0v) is 16.4. The van der Waals surface area contributed by atoms with Gasteiger partial charge in [0.2, 0.25) is 10.0 Å². The Balaban J connectivity index is 2.52. The van der Waals surface area contributed by atoms with Crippen LogP contribution in [-0.2, 0) is 19.9 Å². The van der Waals surface area contributed by atoms with E-state index in [0.717, 1.165) is 17.6 Å². The van der Waals surface area contributed by atoms with Crippen LogP contribution in [0.15, 0.2) is 39.9 Å². The molecule has 7 nitrogen and oxygen atoms in total. The molecule has 0 aliphatic heterocycles. The second kappa shape index (κ2) is 7.73. The summed E-state index contributed by atoms with van der Waals surface area (Å²) in [6.07, 6.45) is 0.983. The van der Waals surface area contributed by atoms with Gasteiger partial charge in [-0.2, -0.15) is 0 Å². The Morgan fingerprint density at radius 2 is 1.76 bits per heavy atom. The summed E-state index contributed by atoms with van der Waals surface area (Å²) in [6.45, 7) is -0.283. The molecule has 1 aromatic heterocycles. The van der Waals surface area contributed by atoms with Crippen molar-refractivity contribution in [1.29, 1.82) is 0 Å². The summed E-state index contributed by atoms with van der Waals surface area (Å²) in [6, 6.07) is 7.84. The molecule has 0 fully saturated rings. The molecular formula is C15H19NO6S3. The van der Waals surface area contributed by atoms with Crippen LogP contribution in [0.4, 0.5) is 0 Å². The van der Waals surface area contributed by atoms with Crippen molar-refractivity contribution >= 4 is 31.2 Å². The second-order valence-corrected chi connectivity index (χ2v) is 10.3. The van der Waals surface area contributed by atoms with E-state index >= 15 is 0 Å². The number of sulfone groups is 1. The van der Waals surface area contributed by atoms with Crippen LogP contribution >= 0.6 is 11.3 Å². The fourth-order valence-corrected chi connectivity index (χ4v) is 5.68. The van der Waals surface area contributed by atoms with E-state index in [4.69, 9.17) is 9.47 Å². The first kappa shape index (κ1) is 19.7. The molecule has 1 N–H and O–H groups in total. The number of ether oxygens (including phenoxy) is 2. The minimum Gasteiger partial charge on any atom is -0.493 e. The minimum absolute atomic E-state index is 0.169. The average Bonchev–Trinajstić information content (AvgIpc) is 3.08. The Bertz CT molecular complexity index is 920. The molecule has 0 saturated carbocycles. The smallest absolute Gasteiger partial charge is 0.208 e. The van der Waals surface area contributed by atoms with Crippen molar-refractivity contribution in [2.24, 2.45) is 0 Å². The van der Waals surface area contributed by atoms with Crippen molar-refractivity contribution in [3.63, 3.8) is 0 Å². The van der Waals surface area contributed by atoms with Gasteiger partial charge in [0, 0.05) is 6.54 Å². The van der Waals surface area contributed by atoms with Crippen molar-refractivity contribution in [2.45, 2.75) is 9.46 Å². The first-order chi connectivity index (χ1) is 11.7. The molecule has 0 spiro atoms. The Morgan fingerprint density at radius 1 is 1.08 bits per heavy atom. The Morgan fingerprint density at radius 3 is 2.28 bits per heavy atom. The molecule has 0 unspecified atom stereocenters. The van der Waals surface area contributed by atoms with Crippen molar-refractivity contribution in [3.8, 4) is 11.5 Å². The molecule has 0 amide bonds. The Hall–Kier alpha value is -1.62. The number of rotatable bonds is 8. The fourth-order valence-electron chi connectivity index (χ4n) is 2.25. The maximum atomic E-state index is 13.0. The fraction of sp³-hybridized carbons (Fsp3) is 0.333. The number of nitrogens with one attached hydrogen (secondary N) is 1. The number of methoxy groups -OCH3 is 2. The maximum Gasteiger partial charge on any atom is 0.208 e. The van der Waals surface area contributed by atoms with Crippen LogP contribution in [0.5, 0.6) is 11.5 Å². The number of benzene rings is 1. The van der Waals surface area contributed by atoms with Crippen molar-refractivity contribution in [2.75, 3.05) is 27.0 Å². The van der Waals surface area contributed by atoms with Crippen molar-refractivity contribution in [3.05, 3.63) is 41.3 Å². The molecule has 0 bridgehead atoms. The van der Waals surface area contributed by atoms with E-state index in [-0.39, 0.29) is 10.8 Å². The lowest BCUT2D eigenvalue weighted by molar-refractivity contribution is 0.354. The van der Waals surface area contributed by atoms with E-state index in [1.165, 1.54) is 20.3 Å². The number of sulfonamides is 1. The summed E-state index contributed by atoms with van der Waals surface area (Å²) in [4.78, 5) is 0. The normalized spacial score (nSPS) is 13.4. The van der Waals surface area contributed by atoms with E-state index in [0.29, 0.717) is 17.1 Å². The van der Waals surface area contributed by atoms with Crippen LogP contribution in [0.25, 0.3) is 0 Å². The van der Waals surface area contributed by atoms with E-state index in [2.05, 4.69) is 4.72 Å². The molecule has 1 aromatic carbocycles. The van der Waals surface area contributed by atoms with Crippen LogP contribution < -0.4 is 14.2 Å². The molecule has 2 rings (SSSR count). The third-order valence-corrected chi connectivity index (χ3v) is 7.68. The van der Waals surface area contributed by atoms with Crippen LogP contribution in [0.3, 0.4) is 0 Å². The van der Waals surface area contributed by atoms with Gasteiger partial charge >= 0.3 is 0 Å². The quantitative estimate of drug-likeness (QED) is 0.719. The molecule has 2 aromatic rings. The highest BCUT2D eigenvalue weighted by molar-refractivity contribution is 7.93. The van der Waals surface area contributed by atoms with Gasteiger partial charge in [-0.25, -0.2) is 21.6 Å². The van der Waals surface area contributed by atoms with Crippen molar-refractivity contribution < 1.29 is 26.3 Å². The predicted molar refractivity (Wildman–Crippen MR) is 96.6 cm³/mol. The van der Waals surface area contributed by atoms with E-state index in [1.807, 2.05) is 0 Å². The Kier molecular flexibility index (Phi) is 6.09. The first-order valence-corrected chi connectivity index (χ1v) is 11.4. The first-order valence-electron chi connectivity index (χ1n) is 7.13.